The minimum absolute atomic E-state index is 0.821. The minimum atomic E-state index is 0.821. The van der Waals surface area contributed by atoms with Crippen LogP contribution < -0.4 is 5.32 Å². The minimum Gasteiger partial charge on any atom is -0.385 e. The molecule has 0 saturated heterocycles. The van der Waals surface area contributed by atoms with Crippen molar-refractivity contribution in [2.75, 3.05) is 26.5 Å². The summed E-state index contributed by atoms with van der Waals surface area (Å²) in [5, 5.41) is 4.28. The molecule has 0 atom stereocenters. The van der Waals surface area contributed by atoms with Gasteiger partial charge in [-0.25, -0.2) is 4.98 Å². The van der Waals surface area contributed by atoms with Crippen molar-refractivity contribution >= 4 is 11.8 Å². The highest BCUT2D eigenvalue weighted by Gasteiger charge is 2.02. The van der Waals surface area contributed by atoms with Crippen molar-refractivity contribution in [2.45, 2.75) is 18.0 Å². The molecule has 0 aliphatic heterocycles. The van der Waals surface area contributed by atoms with Gasteiger partial charge in [0, 0.05) is 32.2 Å². The van der Waals surface area contributed by atoms with Crippen molar-refractivity contribution in [3.8, 4) is 0 Å². The van der Waals surface area contributed by atoms with Crippen molar-refractivity contribution in [2.24, 2.45) is 0 Å². The largest absolute Gasteiger partial charge is 0.385 e. The van der Waals surface area contributed by atoms with Gasteiger partial charge >= 0.3 is 0 Å². The molecule has 4 heteroatoms. The highest BCUT2D eigenvalue weighted by Crippen LogP contribution is 2.20. The van der Waals surface area contributed by atoms with E-state index in [1.165, 1.54) is 5.56 Å². The number of ether oxygens (including phenoxy) is 1. The summed E-state index contributed by atoms with van der Waals surface area (Å²) in [6.45, 7) is 1.70. The third kappa shape index (κ3) is 4.64. The van der Waals surface area contributed by atoms with Crippen LogP contribution in [0.3, 0.4) is 0 Å². The second kappa shape index (κ2) is 7.68. The van der Waals surface area contributed by atoms with Crippen molar-refractivity contribution in [1.82, 2.24) is 10.3 Å². The zero-order valence-corrected chi connectivity index (χ0v) is 10.1. The lowest BCUT2D eigenvalue weighted by Gasteiger charge is -2.06. The number of hydrogen-bond acceptors (Lipinski definition) is 4. The standard InChI is InChI=1S/C11H18N2OS/c1-12-9-10-5-3-6-13-11(10)15-8-4-7-14-2/h3,5-6,12H,4,7-9H2,1-2H3. The van der Waals surface area contributed by atoms with E-state index in [-0.39, 0.29) is 0 Å². The number of thioether (sulfide) groups is 1. The van der Waals surface area contributed by atoms with Gasteiger partial charge in [-0.15, -0.1) is 11.8 Å². The third-order valence-corrected chi connectivity index (χ3v) is 3.08. The molecule has 3 nitrogen and oxygen atoms in total. The van der Waals surface area contributed by atoms with Crippen LogP contribution in [0.1, 0.15) is 12.0 Å². The van der Waals surface area contributed by atoms with Gasteiger partial charge in [0.15, 0.2) is 0 Å². The van der Waals surface area contributed by atoms with Gasteiger partial charge in [-0.1, -0.05) is 6.07 Å². The van der Waals surface area contributed by atoms with Crippen molar-refractivity contribution in [3.63, 3.8) is 0 Å². The molecule has 84 valence electrons. The molecule has 0 saturated carbocycles. The van der Waals surface area contributed by atoms with Gasteiger partial charge in [-0.3, -0.25) is 0 Å². The molecule has 1 rings (SSSR count). The molecule has 0 spiro atoms. The predicted octanol–water partition coefficient (Wildman–Crippen LogP) is 1.93. The lowest BCUT2D eigenvalue weighted by Crippen LogP contribution is -2.07. The van der Waals surface area contributed by atoms with Crippen LogP contribution in [0, 0.1) is 0 Å². The summed E-state index contributed by atoms with van der Waals surface area (Å²) in [5.41, 5.74) is 1.27. The van der Waals surface area contributed by atoms with E-state index in [2.05, 4.69) is 16.4 Å². The second-order valence-electron chi connectivity index (χ2n) is 3.19. The number of rotatable bonds is 7. The van der Waals surface area contributed by atoms with Crippen LogP contribution in [0.15, 0.2) is 23.4 Å². The topological polar surface area (TPSA) is 34.2 Å². The maximum absolute atomic E-state index is 5.01. The summed E-state index contributed by atoms with van der Waals surface area (Å²) >= 11 is 1.80. The fourth-order valence-corrected chi connectivity index (χ4v) is 2.17. The normalized spacial score (nSPS) is 10.5. The Kier molecular flexibility index (Phi) is 6.39. The zero-order chi connectivity index (χ0) is 10.9. The van der Waals surface area contributed by atoms with E-state index in [4.69, 9.17) is 4.74 Å². The Morgan fingerprint density at radius 3 is 3.13 bits per heavy atom. The van der Waals surface area contributed by atoms with Gasteiger partial charge in [0.05, 0.1) is 0 Å². The lowest BCUT2D eigenvalue weighted by molar-refractivity contribution is 0.200. The number of aromatic nitrogens is 1. The van der Waals surface area contributed by atoms with Crippen molar-refractivity contribution in [3.05, 3.63) is 23.9 Å². The zero-order valence-electron chi connectivity index (χ0n) is 9.32. The van der Waals surface area contributed by atoms with Crippen LogP contribution >= 0.6 is 11.8 Å². The molecule has 0 amide bonds. The third-order valence-electron chi connectivity index (χ3n) is 1.95. The number of hydrogen-bond donors (Lipinski definition) is 1. The van der Waals surface area contributed by atoms with Crippen LogP contribution in [0.25, 0.3) is 0 Å². The van der Waals surface area contributed by atoms with Gasteiger partial charge < -0.3 is 10.1 Å². The smallest absolute Gasteiger partial charge is 0.100 e. The fourth-order valence-electron chi connectivity index (χ4n) is 1.25. The summed E-state index contributed by atoms with van der Waals surface area (Å²) in [7, 11) is 3.68. The monoisotopic (exact) mass is 226 g/mol. The Balaban J connectivity index is 2.44. The Morgan fingerprint density at radius 2 is 2.40 bits per heavy atom. The van der Waals surface area contributed by atoms with Crippen LogP contribution in [0.2, 0.25) is 0 Å². The van der Waals surface area contributed by atoms with E-state index in [1.54, 1.807) is 18.9 Å². The molecule has 0 fully saturated rings. The van der Waals surface area contributed by atoms with Crippen molar-refractivity contribution in [1.29, 1.82) is 0 Å². The van der Waals surface area contributed by atoms with Gasteiger partial charge in [-0.05, 0) is 25.1 Å². The van der Waals surface area contributed by atoms with E-state index in [1.807, 2.05) is 19.3 Å². The molecule has 1 N–H and O–H groups in total. The molecular weight excluding hydrogens is 208 g/mol. The van der Waals surface area contributed by atoms with Gasteiger partial charge in [0.25, 0.3) is 0 Å². The highest BCUT2D eigenvalue weighted by molar-refractivity contribution is 7.99. The Morgan fingerprint density at radius 1 is 1.53 bits per heavy atom. The van der Waals surface area contributed by atoms with Crippen molar-refractivity contribution < 1.29 is 4.74 Å². The molecule has 0 aliphatic rings. The Bertz CT molecular complexity index is 281. The summed E-state index contributed by atoms with van der Waals surface area (Å²) in [5.74, 6) is 1.06. The SMILES string of the molecule is CNCc1cccnc1SCCCOC. The first-order valence-electron chi connectivity index (χ1n) is 5.08. The fraction of sp³-hybridized carbons (Fsp3) is 0.545. The second-order valence-corrected chi connectivity index (χ2v) is 4.28. The molecule has 0 radical (unpaired) electrons. The van der Waals surface area contributed by atoms with E-state index >= 15 is 0 Å². The quantitative estimate of drug-likeness (QED) is 0.569. The number of pyridine rings is 1. The first kappa shape index (κ1) is 12.5. The molecule has 0 aromatic carbocycles. The molecule has 0 bridgehead atoms. The summed E-state index contributed by atoms with van der Waals surface area (Å²) in [4.78, 5) is 4.38. The molecule has 0 aliphatic carbocycles. The van der Waals surface area contributed by atoms with Crippen LogP contribution in [0.4, 0.5) is 0 Å². The molecule has 15 heavy (non-hydrogen) atoms. The maximum Gasteiger partial charge on any atom is 0.100 e. The molecule has 1 aromatic heterocycles. The van der Waals surface area contributed by atoms with E-state index in [0.717, 1.165) is 30.4 Å². The summed E-state index contributed by atoms with van der Waals surface area (Å²) in [6.07, 6.45) is 2.91. The molecule has 0 unspecified atom stereocenters. The molecular formula is C11H18N2OS. The van der Waals surface area contributed by atoms with Gasteiger partial charge in [0.2, 0.25) is 0 Å². The van der Waals surface area contributed by atoms with Crippen LogP contribution in [0.5, 0.6) is 0 Å². The average Bonchev–Trinajstić information content (AvgIpc) is 2.27. The van der Waals surface area contributed by atoms with Crippen LogP contribution in [-0.4, -0.2) is 31.5 Å². The summed E-state index contributed by atoms with van der Waals surface area (Å²) in [6, 6.07) is 4.09. The molecule has 1 aromatic rings. The Hall–Kier alpha value is -0.580. The first-order chi connectivity index (χ1) is 7.38. The number of nitrogens with one attached hydrogen (secondary N) is 1. The van der Waals surface area contributed by atoms with Gasteiger partial charge in [0.1, 0.15) is 5.03 Å². The summed E-state index contributed by atoms with van der Waals surface area (Å²) < 4.78 is 5.01. The maximum atomic E-state index is 5.01. The first-order valence-corrected chi connectivity index (χ1v) is 6.07. The highest BCUT2D eigenvalue weighted by atomic mass is 32.2. The number of methoxy groups -OCH3 is 1. The van der Waals surface area contributed by atoms with Gasteiger partial charge in [-0.2, -0.15) is 0 Å². The lowest BCUT2D eigenvalue weighted by atomic mass is 10.3. The van der Waals surface area contributed by atoms with E-state index in [0.29, 0.717) is 0 Å². The van der Waals surface area contributed by atoms with E-state index in [9.17, 15) is 0 Å². The predicted molar refractivity (Wildman–Crippen MR) is 64.2 cm³/mol. The Labute approximate surface area is 95.6 Å². The van der Waals surface area contributed by atoms with E-state index < -0.39 is 0 Å². The average molecular weight is 226 g/mol. The van der Waals surface area contributed by atoms with Crippen LogP contribution in [-0.2, 0) is 11.3 Å². The molecule has 1 heterocycles. The number of nitrogens with zero attached hydrogens (tertiary/aromatic N) is 1.